The highest BCUT2D eigenvalue weighted by Gasteiger charge is 2.35. The molecule has 0 saturated heterocycles. The van der Waals surface area contributed by atoms with Crippen LogP contribution in [0.3, 0.4) is 0 Å². The van der Waals surface area contributed by atoms with E-state index < -0.39 is 34.3 Å². The monoisotopic (exact) mass is 633 g/mol. The number of amides is 2. The van der Waals surface area contributed by atoms with Gasteiger partial charge in [-0.25, -0.2) is 12.8 Å². The molecule has 1 N–H and O–H groups in total. The van der Waals surface area contributed by atoms with Crippen LogP contribution in [0, 0.1) is 12.7 Å². The smallest absolute Gasteiger partial charge is 0.264 e. The molecule has 1 aliphatic carbocycles. The van der Waals surface area contributed by atoms with Crippen molar-refractivity contribution in [3.8, 4) is 0 Å². The molecule has 0 spiro atoms. The number of anilines is 1. The zero-order valence-electron chi connectivity index (χ0n) is 23.5. The Labute approximate surface area is 256 Å². The van der Waals surface area contributed by atoms with Crippen LogP contribution in [0.2, 0.25) is 10.0 Å². The Morgan fingerprint density at radius 2 is 1.64 bits per heavy atom. The summed E-state index contributed by atoms with van der Waals surface area (Å²) < 4.78 is 42.6. The van der Waals surface area contributed by atoms with Crippen molar-refractivity contribution in [2.24, 2.45) is 0 Å². The molecule has 1 fully saturated rings. The number of aryl methyl sites for hydroxylation is 1. The van der Waals surface area contributed by atoms with Gasteiger partial charge in [0.25, 0.3) is 10.0 Å². The first-order valence-electron chi connectivity index (χ1n) is 13.9. The Kier molecular flexibility index (Phi) is 10.5. The minimum absolute atomic E-state index is 0.0259. The number of benzene rings is 3. The van der Waals surface area contributed by atoms with Crippen LogP contribution in [0.4, 0.5) is 10.1 Å². The second kappa shape index (κ2) is 13.9. The Morgan fingerprint density at radius 3 is 2.26 bits per heavy atom. The van der Waals surface area contributed by atoms with Crippen molar-refractivity contribution < 1.29 is 22.4 Å². The zero-order chi connectivity index (χ0) is 30.4. The van der Waals surface area contributed by atoms with Gasteiger partial charge in [0.2, 0.25) is 11.8 Å². The molecular formula is C31H34Cl2FN3O4S. The summed E-state index contributed by atoms with van der Waals surface area (Å²) in [5, 5.41) is 3.38. The first kappa shape index (κ1) is 31.8. The van der Waals surface area contributed by atoms with Gasteiger partial charge in [0.15, 0.2) is 0 Å². The van der Waals surface area contributed by atoms with Gasteiger partial charge in [-0.3, -0.25) is 13.9 Å². The second-order valence-corrected chi connectivity index (χ2v) is 13.2. The topological polar surface area (TPSA) is 86.8 Å². The lowest BCUT2D eigenvalue weighted by Gasteiger charge is -2.34. The SMILES string of the molecule is CC[C@H](C(=O)NC1CCCC1)N(Cc1ccc(F)cc1)C(=O)CN(c1cc(Cl)ccc1Cl)S(=O)(=O)c1ccc(C)cc1. The quantitative estimate of drug-likeness (QED) is 0.261. The molecule has 7 nitrogen and oxygen atoms in total. The molecule has 0 radical (unpaired) electrons. The van der Waals surface area contributed by atoms with Crippen LogP contribution >= 0.6 is 23.2 Å². The van der Waals surface area contributed by atoms with Crippen molar-refractivity contribution in [1.29, 1.82) is 0 Å². The molecule has 4 rings (SSSR count). The molecule has 3 aromatic carbocycles. The maximum atomic E-state index is 14.2. The van der Waals surface area contributed by atoms with Crippen molar-refractivity contribution in [2.75, 3.05) is 10.8 Å². The van der Waals surface area contributed by atoms with Gasteiger partial charge in [-0.1, -0.05) is 72.8 Å². The molecule has 0 aromatic heterocycles. The molecule has 0 unspecified atom stereocenters. The van der Waals surface area contributed by atoms with Crippen molar-refractivity contribution in [1.82, 2.24) is 10.2 Å². The van der Waals surface area contributed by atoms with Gasteiger partial charge in [0.05, 0.1) is 15.6 Å². The van der Waals surface area contributed by atoms with E-state index in [-0.39, 0.29) is 45.5 Å². The van der Waals surface area contributed by atoms with E-state index in [1.165, 1.54) is 59.5 Å². The average molecular weight is 635 g/mol. The van der Waals surface area contributed by atoms with Gasteiger partial charge in [-0.2, -0.15) is 0 Å². The standard InChI is InChI=1S/C31H34Cl2FN3O4S/c1-3-28(31(39)35-25-6-4-5-7-25)36(19-22-10-13-24(34)14-11-22)30(38)20-37(29-18-23(32)12-17-27(29)33)42(40,41)26-15-8-21(2)9-16-26/h8-18,25,28H,3-7,19-20H2,1-2H3,(H,35,39)/t28-/m1/s1. The minimum Gasteiger partial charge on any atom is -0.352 e. The number of hydrogen-bond acceptors (Lipinski definition) is 4. The van der Waals surface area contributed by atoms with Gasteiger partial charge < -0.3 is 10.2 Å². The molecule has 3 aromatic rings. The highest BCUT2D eigenvalue weighted by molar-refractivity contribution is 7.92. The van der Waals surface area contributed by atoms with E-state index in [9.17, 15) is 22.4 Å². The van der Waals surface area contributed by atoms with E-state index in [0.29, 0.717) is 5.56 Å². The van der Waals surface area contributed by atoms with Crippen molar-refractivity contribution in [3.05, 3.63) is 93.7 Å². The number of sulfonamides is 1. The fourth-order valence-electron chi connectivity index (χ4n) is 5.10. The highest BCUT2D eigenvalue weighted by Crippen LogP contribution is 2.33. The zero-order valence-corrected chi connectivity index (χ0v) is 25.9. The summed E-state index contributed by atoms with van der Waals surface area (Å²) in [6.45, 7) is 2.95. The lowest BCUT2D eigenvalue weighted by molar-refractivity contribution is -0.140. The summed E-state index contributed by atoms with van der Waals surface area (Å²) in [7, 11) is -4.30. The number of rotatable bonds is 11. The molecule has 1 saturated carbocycles. The third kappa shape index (κ3) is 7.62. The van der Waals surface area contributed by atoms with Gasteiger partial charge in [0, 0.05) is 17.6 Å². The third-order valence-electron chi connectivity index (χ3n) is 7.42. The van der Waals surface area contributed by atoms with Gasteiger partial charge in [-0.15, -0.1) is 0 Å². The Hall–Kier alpha value is -3.14. The van der Waals surface area contributed by atoms with Crippen LogP contribution in [-0.2, 0) is 26.2 Å². The van der Waals surface area contributed by atoms with Crippen LogP contribution in [-0.4, -0.2) is 43.8 Å². The molecule has 224 valence electrons. The molecule has 42 heavy (non-hydrogen) atoms. The number of hydrogen-bond donors (Lipinski definition) is 1. The Morgan fingerprint density at radius 1 is 1.00 bits per heavy atom. The summed E-state index contributed by atoms with van der Waals surface area (Å²) in [6, 6.07) is 15.4. The molecule has 2 amide bonds. The van der Waals surface area contributed by atoms with Gasteiger partial charge in [-0.05, 0) is 74.2 Å². The summed E-state index contributed by atoms with van der Waals surface area (Å²) in [5.41, 5.74) is 1.48. The van der Waals surface area contributed by atoms with E-state index in [0.717, 1.165) is 35.6 Å². The molecule has 1 atom stereocenters. The van der Waals surface area contributed by atoms with Crippen LogP contribution in [0.25, 0.3) is 0 Å². The maximum Gasteiger partial charge on any atom is 0.264 e. The minimum atomic E-state index is -4.30. The van der Waals surface area contributed by atoms with Gasteiger partial charge >= 0.3 is 0 Å². The lowest BCUT2D eigenvalue weighted by Crippen LogP contribution is -2.53. The normalized spacial score (nSPS) is 14.4. The van der Waals surface area contributed by atoms with E-state index in [1.807, 2.05) is 6.92 Å². The third-order valence-corrected chi connectivity index (χ3v) is 9.75. The van der Waals surface area contributed by atoms with Crippen LogP contribution in [0.5, 0.6) is 0 Å². The van der Waals surface area contributed by atoms with Crippen LogP contribution in [0.15, 0.2) is 71.6 Å². The molecule has 1 aliphatic rings. The number of nitrogens with one attached hydrogen (secondary N) is 1. The van der Waals surface area contributed by atoms with Crippen molar-refractivity contribution in [3.63, 3.8) is 0 Å². The molecule has 11 heteroatoms. The predicted molar refractivity (Wildman–Crippen MR) is 164 cm³/mol. The van der Waals surface area contributed by atoms with Crippen molar-refractivity contribution in [2.45, 2.75) is 69.5 Å². The fourth-order valence-corrected chi connectivity index (χ4v) is 6.96. The predicted octanol–water partition coefficient (Wildman–Crippen LogP) is 6.50. The average Bonchev–Trinajstić information content (AvgIpc) is 3.47. The summed E-state index contributed by atoms with van der Waals surface area (Å²) in [4.78, 5) is 29.0. The van der Waals surface area contributed by atoms with Gasteiger partial charge in [0.1, 0.15) is 18.4 Å². The molecule has 0 heterocycles. The lowest BCUT2D eigenvalue weighted by atomic mass is 10.1. The summed E-state index contributed by atoms with van der Waals surface area (Å²) in [5.74, 6) is -1.37. The van der Waals surface area contributed by atoms with Crippen molar-refractivity contribution >= 4 is 50.7 Å². The maximum absolute atomic E-state index is 14.2. The summed E-state index contributed by atoms with van der Waals surface area (Å²) >= 11 is 12.7. The Bertz CT molecular complexity index is 1510. The first-order valence-corrected chi connectivity index (χ1v) is 16.1. The van der Waals surface area contributed by atoms with E-state index in [1.54, 1.807) is 19.1 Å². The van der Waals surface area contributed by atoms with E-state index in [2.05, 4.69) is 5.32 Å². The fraction of sp³-hybridized carbons (Fsp3) is 0.355. The number of halogens is 3. The molecular weight excluding hydrogens is 600 g/mol. The molecule has 0 aliphatic heterocycles. The van der Waals surface area contributed by atoms with Crippen LogP contribution in [0.1, 0.15) is 50.2 Å². The largest absolute Gasteiger partial charge is 0.352 e. The Balaban J connectivity index is 1.74. The highest BCUT2D eigenvalue weighted by atomic mass is 35.5. The number of carbonyl (C=O) groups excluding carboxylic acids is 2. The second-order valence-electron chi connectivity index (χ2n) is 10.5. The van der Waals surface area contributed by atoms with Crippen LogP contribution < -0.4 is 9.62 Å². The number of carbonyl (C=O) groups is 2. The summed E-state index contributed by atoms with van der Waals surface area (Å²) in [6.07, 6.45) is 4.06. The molecule has 0 bridgehead atoms. The number of nitrogens with zero attached hydrogens (tertiary/aromatic N) is 2. The first-order chi connectivity index (χ1) is 20.0. The van der Waals surface area contributed by atoms with E-state index in [4.69, 9.17) is 23.2 Å². The van der Waals surface area contributed by atoms with E-state index >= 15 is 0 Å².